The SMILES string of the molecule is CC1=CC(=O)C(C(C)C)=CC1=O.Cc1ccc(C(C)C)cc1O. The highest BCUT2D eigenvalue weighted by atomic mass is 16.3. The molecule has 0 fully saturated rings. The summed E-state index contributed by atoms with van der Waals surface area (Å²) in [6.45, 7) is 11.6. The lowest BCUT2D eigenvalue weighted by Crippen LogP contribution is -2.15. The van der Waals surface area contributed by atoms with Crippen LogP contribution in [0.3, 0.4) is 0 Å². The molecular weight excluding hydrogens is 288 g/mol. The Morgan fingerprint density at radius 3 is 1.96 bits per heavy atom. The van der Waals surface area contributed by atoms with Gasteiger partial charge in [0, 0.05) is 11.1 Å². The van der Waals surface area contributed by atoms with Gasteiger partial charge < -0.3 is 5.11 Å². The Morgan fingerprint density at radius 2 is 1.48 bits per heavy atom. The van der Waals surface area contributed by atoms with Gasteiger partial charge in [-0.3, -0.25) is 9.59 Å². The Labute approximate surface area is 138 Å². The molecule has 0 bridgehead atoms. The zero-order valence-electron chi connectivity index (χ0n) is 14.8. The predicted molar refractivity (Wildman–Crippen MR) is 93.6 cm³/mol. The van der Waals surface area contributed by atoms with Crippen LogP contribution < -0.4 is 0 Å². The van der Waals surface area contributed by atoms with E-state index in [2.05, 4.69) is 19.9 Å². The summed E-state index contributed by atoms with van der Waals surface area (Å²) in [5.74, 6) is 0.948. The minimum absolute atomic E-state index is 0.0258. The van der Waals surface area contributed by atoms with Gasteiger partial charge in [0.1, 0.15) is 5.75 Å². The first-order valence-electron chi connectivity index (χ1n) is 7.91. The molecule has 0 amide bonds. The molecule has 1 aliphatic rings. The molecule has 0 atom stereocenters. The number of aromatic hydroxyl groups is 1. The summed E-state index contributed by atoms with van der Waals surface area (Å²) in [4.78, 5) is 22.5. The lowest BCUT2D eigenvalue weighted by atomic mass is 9.91. The fourth-order valence-electron chi connectivity index (χ4n) is 2.11. The number of ketones is 2. The van der Waals surface area contributed by atoms with Crippen molar-refractivity contribution in [1.82, 2.24) is 0 Å². The predicted octanol–water partition coefficient (Wildman–Crippen LogP) is 4.49. The smallest absolute Gasteiger partial charge is 0.182 e. The van der Waals surface area contributed by atoms with Crippen LogP contribution in [0, 0.1) is 12.8 Å². The van der Waals surface area contributed by atoms with Gasteiger partial charge in [-0.15, -0.1) is 0 Å². The first-order valence-corrected chi connectivity index (χ1v) is 7.91. The molecule has 0 saturated carbocycles. The number of phenolic OH excluding ortho intramolecular Hbond substituents is 1. The summed E-state index contributed by atoms with van der Waals surface area (Å²) in [5, 5.41) is 9.35. The molecule has 0 radical (unpaired) electrons. The largest absolute Gasteiger partial charge is 0.508 e. The average molecular weight is 314 g/mol. The molecule has 1 aliphatic carbocycles. The standard InChI is InChI=1S/C10H12O2.C10H14O/c1-6(2)8-5-9(11)7(3)4-10(8)12;1-7(2)9-5-4-8(3)10(11)6-9/h4-6H,1-3H3;4-7,11H,1-3H3. The topological polar surface area (TPSA) is 54.4 Å². The van der Waals surface area contributed by atoms with Crippen molar-refractivity contribution in [3.05, 3.63) is 52.6 Å². The van der Waals surface area contributed by atoms with Gasteiger partial charge in [-0.1, -0.05) is 39.8 Å². The highest BCUT2D eigenvalue weighted by Crippen LogP contribution is 2.22. The quantitative estimate of drug-likeness (QED) is 0.818. The van der Waals surface area contributed by atoms with Crippen LogP contribution in [-0.4, -0.2) is 16.7 Å². The van der Waals surface area contributed by atoms with Gasteiger partial charge in [-0.2, -0.15) is 0 Å². The molecule has 3 nitrogen and oxygen atoms in total. The number of phenols is 1. The van der Waals surface area contributed by atoms with Crippen molar-refractivity contribution in [3.8, 4) is 5.75 Å². The van der Waals surface area contributed by atoms with Gasteiger partial charge in [0.05, 0.1) is 0 Å². The Balaban J connectivity index is 0.000000231. The molecule has 124 valence electrons. The third-order valence-corrected chi connectivity index (χ3v) is 3.83. The lowest BCUT2D eigenvalue weighted by molar-refractivity contribution is -0.115. The van der Waals surface area contributed by atoms with Crippen LogP contribution in [0.1, 0.15) is 51.7 Å². The minimum Gasteiger partial charge on any atom is -0.508 e. The lowest BCUT2D eigenvalue weighted by Gasteiger charge is -2.11. The number of allylic oxidation sites excluding steroid dienone is 4. The van der Waals surface area contributed by atoms with E-state index in [1.54, 1.807) is 6.92 Å². The van der Waals surface area contributed by atoms with Crippen molar-refractivity contribution < 1.29 is 14.7 Å². The Kier molecular flexibility index (Phi) is 6.49. The van der Waals surface area contributed by atoms with Crippen molar-refractivity contribution in [2.45, 2.75) is 47.5 Å². The van der Waals surface area contributed by atoms with E-state index in [0.29, 0.717) is 22.8 Å². The van der Waals surface area contributed by atoms with E-state index < -0.39 is 0 Å². The summed E-state index contributed by atoms with van der Waals surface area (Å²) in [6.07, 6.45) is 2.86. The van der Waals surface area contributed by atoms with Gasteiger partial charge in [0.15, 0.2) is 11.6 Å². The van der Waals surface area contributed by atoms with Crippen molar-refractivity contribution in [3.63, 3.8) is 0 Å². The number of hydrogen-bond acceptors (Lipinski definition) is 3. The number of aryl methyl sites for hydroxylation is 1. The van der Waals surface area contributed by atoms with Crippen LogP contribution in [-0.2, 0) is 9.59 Å². The average Bonchev–Trinajstić information content (AvgIpc) is 2.46. The molecule has 0 unspecified atom stereocenters. The summed E-state index contributed by atoms with van der Waals surface area (Å²) in [6, 6.07) is 5.84. The highest BCUT2D eigenvalue weighted by Gasteiger charge is 2.19. The van der Waals surface area contributed by atoms with Crippen LogP contribution in [0.5, 0.6) is 5.75 Å². The van der Waals surface area contributed by atoms with Crippen molar-refractivity contribution in [2.24, 2.45) is 5.92 Å². The Morgan fingerprint density at radius 1 is 0.870 bits per heavy atom. The third kappa shape index (κ3) is 5.20. The maximum atomic E-state index is 11.3. The molecule has 0 spiro atoms. The van der Waals surface area contributed by atoms with Crippen LogP contribution >= 0.6 is 0 Å². The van der Waals surface area contributed by atoms with E-state index in [1.807, 2.05) is 32.9 Å². The molecule has 0 heterocycles. The number of rotatable bonds is 2. The molecule has 0 saturated heterocycles. The second-order valence-electron chi connectivity index (χ2n) is 6.51. The second-order valence-corrected chi connectivity index (χ2v) is 6.51. The van der Waals surface area contributed by atoms with Gasteiger partial charge in [-0.25, -0.2) is 0 Å². The molecule has 23 heavy (non-hydrogen) atoms. The van der Waals surface area contributed by atoms with E-state index in [1.165, 1.54) is 17.7 Å². The summed E-state index contributed by atoms with van der Waals surface area (Å²) < 4.78 is 0. The van der Waals surface area contributed by atoms with Crippen LogP contribution in [0.25, 0.3) is 0 Å². The Hall–Kier alpha value is -2.16. The van der Waals surface area contributed by atoms with Gasteiger partial charge in [0.25, 0.3) is 0 Å². The molecule has 0 aromatic heterocycles. The maximum Gasteiger partial charge on any atom is 0.182 e. The Bertz CT molecular complexity index is 661. The summed E-state index contributed by atoms with van der Waals surface area (Å²) in [5.41, 5.74) is 3.28. The van der Waals surface area contributed by atoms with E-state index in [9.17, 15) is 14.7 Å². The van der Waals surface area contributed by atoms with E-state index in [4.69, 9.17) is 0 Å². The monoisotopic (exact) mass is 314 g/mol. The van der Waals surface area contributed by atoms with Crippen molar-refractivity contribution >= 4 is 11.6 Å². The number of carbonyl (C=O) groups is 2. The van der Waals surface area contributed by atoms with Crippen molar-refractivity contribution in [1.29, 1.82) is 0 Å². The van der Waals surface area contributed by atoms with Gasteiger partial charge in [-0.05, 0) is 55.0 Å². The molecule has 1 N–H and O–H groups in total. The third-order valence-electron chi connectivity index (χ3n) is 3.83. The zero-order valence-corrected chi connectivity index (χ0v) is 14.8. The zero-order chi connectivity index (χ0) is 17.7. The normalized spacial score (nSPS) is 14.4. The molecule has 1 aromatic carbocycles. The molecule has 2 rings (SSSR count). The number of carbonyl (C=O) groups excluding carboxylic acids is 2. The molecule has 3 heteroatoms. The number of hydrogen-bond donors (Lipinski definition) is 1. The first-order chi connectivity index (χ1) is 10.6. The molecular formula is C20H26O3. The summed E-state index contributed by atoms with van der Waals surface area (Å²) >= 11 is 0. The second kappa shape index (κ2) is 7.91. The van der Waals surface area contributed by atoms with Crippen molar-refractivity contribution in [2.75, 3.05) is 0 Å². The fraction of sp³-hybridized carbons (Fsp3) is 0.400. The van der Waals surface area contributed by atoms with Gasteiger partial charge >= 0.3 is 0 Å². The van der Waals surface area contributed by atoms with E-state index in [-0.39, 0.29) is 17.5 Å². The highest BCUT2D eigenvalue weighted by molar-refractivity contribution is 6.19. The molecule has 0 aliphatic heterocycles. The van der Waals surface area contributed by atoms with Crippen LogP contribution in [0.15, 0.2) is 41.5 Å². The van der Waals surface area contributed by atoms with Crippen LogP contribution in [0.2, 0.25) is 0 Å². The maximum absolute atomic E-state index is 11.3. The number of benzene rings is 1. The summed E-state index contributed by atoms with van der Waals surface area (Å²) in [7, 11) is 0. The van der Waals surface area contributed by atoms with Crippen LogP contribution in [0.4, 0.5) is 0 Å². The molecule has 1 aromatic rings. The van der Waals surface area contributed by atoms with E-state index in [0.717, 1.165) is 5.56 Å². The van der Waals surface area contributed by atoms with E-state index >= 15 is 0 Å². The van der Waals surface area contributed by atoms with Gasteiger partial charge in [0.2, 0.25) is 0 Å². The first kappa shape index (κ1) is 18.9. The minimum atomic E-state index is -0.0432. The fourth-order valence-corrected chi connectivity index (χ4v) is 2.11.